The van der Waals surface area contributed by atoms with E-state index in [1.54, 1.807) is 24.3 Å². The van der Waals surface area contributed by atoms with Crippen LogP contribution in [0, 0.1) is 24.2 Å². The van der Waals surface area contributed by atoms with Gasteiger partial charge in [0, 0.05) is 73.1 Å². The van der Waals surface area contributed by atoms with Crippen molar-refractivity contribution >= 4 is 23.6 Å². The number of carbonyl (C=O) groups is 1. The van der Waals surface area contributed by atoms with E-state index in [-0.39, 0.29) is 29.2 Å². The number of nitrogens with zero attached hydrogens (tertiary/aromatic N) is 3. The van der Waals surface area contributed by atoms with Crippen molar-refractivity contribution in [2.24, 2.45) is 0 Å². The van der Waals surface area contributed by atoms with Gasteiger partial charge in [0.05, 0.1) is 5.56 Å². The monoisotopic (exact) mass is 534 g/mol. The highest BCUT2D eigenvalue weighted by Crippen LogP contribution is 2.34. The Labute approximate surface area is 225 Å². The van der Waals surface area contributed by atoms with E-state index < -0.39 is 17.6 Å². The van der Waals surface area contributed by atoms with E-state index in [1.807, 2.05) is 18.9 Å². The van der Waals surface area contributed by atoms with E-state index in [1.165, 1.54) is 18.3 Å². The lowest BCUT2D eigenvalue weighted by atomic mass is 10.0. The van der Waals surface area contributed by atoms with Gasteiger partial charge in [-0.1, -0.05) is 24.0 Å². The van der Waals surface area contributed by atoms with Crippen LogP contribution < -0.4 is 11.1 Å². The molecule has 0 atom stereocenters. The Morgan fingerprint density at radius 1 is 1.13 bits per heavy atom. The number of halogens is 3. The first kappa shape index (κ1) is 27.8. The quantitative estimate of drug-likeness (QED) is 0.333. The number of nitrogens with two attached hydrogens (primary N) is 1. The van der Waals surface area contributed by atoms with Crippen molar-refractivity contribution in [3.63, 3.8) is 0 Å². The molecule has 0 spiro atoms. The van der Waals surface area contributed by atoms with E-state index in [0.29, 0.717) is 29.8 Å². The number of nitrogens with one attached hydrogen (secondary N) is 2. The molecule has 4 N–H and O–H groups in total. The number of nitrogen functional groups attached to an aromatic ring is 1. The fourth-order valence-corrected chi connectivity index (χ4v) is 4.22. The standard InChI is InChI=1S/C29H29F3N6O/c1-19-3-5-22(14-21(19)6-4-20-13-24(16-33)27(34)35-17-20)28(39)36-25-8-7-23(26(15-25)29(30,31)32)18-38-11-9-37(2)10-12-38/h3,5,7-8,13-17,33H,9-12,18H2,1-2H3,(H2,34,35)(H,36,39). The van der Waals surface area contributed by atoms with Crippen LogP contribution in [-0.4, -0.2) is 60.1 Å². The minimum Gasteiger partial charge on any atom is -0.383 e. The summed E-state index contributed by atoms with van der Waals surface area (Å²) in [6, 6.07) is 10.5. The molecule has 7 nitrogen and oxygen atoms in total. The molecule has 4 rings (SSSR count). The lowest BCUT2D eigenvalue weighted by Crippen LogP contribution is -2.44. The first-order valence-corrected chi connectivity index (χ1v) is 12.3. The summed E-state index contributed by atoms with van der Waals surface area (Å²) in [6.07, 6.45) is -1.97. The molecule has 0 unspecified atom stereocenters. The van der Waals surface area contributed by atoms with Crippen LogP contribution in [0.25, 0.3) is 0 Å². The summed E-state index contributed by atoms with van der Waals surface area (Å²) in [4.78, 5) is 21.1. The first-order chi connectivity index (χ1) is 18.5. The van der Waals surface area contributed by atoms with E-state index in [4.69, 9.17) is 11.1 Å². The van der Waals surface area contributed by atoms with Gasteiger partial charge >= 0.3 is 6.18 Å². The minimum atomic E-state index is -4.55. The Morgan fingerprint density at radius 3 is 2.56 bits per heavy atom. The molecule has 2 aromatic carbocycles. The fourth-order valence-electron chi connectivity index (χ4n) is 4.22. The largest absolute Gasteiger partial charge is 0.416 e. The zero-order valence-electron chi connectivity index (χ0n) is 21.7. The molecular weight excluding hydrogens is 505 g/mol. The maximum absolute atomic E-state index is 13.9. The Hall–Kier alpha value is -4.20. The van der Waals surface area contributed by atoms with Crippen LogP contribution in [-0.2, 0) is 12.7 Å². The van der Waals surface area contributed by atoms with Crippen molar-refractivity contribution in [1.82, 2.24) is 14.8 Å². The summed E-state index contributed by atoms with van der Waals surface area (Å²) in [7, 11) is 1.99. The second kappa shape index (κ2) is 11.7. The molecule has 1 aromatic heterocycles. The van der Waals surface area contributed by atoms with Crippen molar-refractivity contribution < 1.29 is 18.0 Å². The number of piperazine rings is 1. The zero-order chi connectivity index (χ0) is 28.2. The maximum atomic E-state index is 13.9. The number of rotatable bonds is 5. The smallest absolute Gasteiger partial charge is 0.383 e. The maximum Gasteiger partial charge on any atom is 0.416 e. The lowest BCUT2D eigenvalue weighted by Gasteiger charge is -2.33. The van der Waals surface area contributed by atoms with Gasteiger partial charge in [0.1, 0.15) is 5.82 Å². The predicted octanol–water partition coefficient (Wildman–Crippen LogP) is 4.39. The number of hydrogen-bond donors (Lipinski definition) is 3. The summed E-state index contributed by atoms with van der Waals surface area (Å²) >= 11 is 0. The number of aromatic nitrogens is 1. The Balaban J connectivity index is 1.53. The van der Waals surface area contributed by atoms with E-state index in [0.717, 1.165) is 30.9 Å². The van der Waals surface area contributed by atoms with Gasteiger partial charge in [-0.15, -0.1) is 0 Å². The molecule has 1 aliphatic heterocycles. The van der Waals surface area contributed by atoms with E-state index in [9.17, 15) is 18.0 Å². The number of pyridine rings is 1. The minimum absolute atomic E-state index is 0.0646. The fraction of sp³-hybridized carbons (Fsp3) is 0.276. The number of likely N-dealkylation sites (N-methyl/N-ethyl adjacent to an activating group) is 1. The molecule has 0 aliphatic carbocycles. The van der Waals surface area contributed by atoms with Crippen LogP contribution >= 0.6 is 0 Å². The molecule has 1 aliphatic rings. The van der Waals surface area contributed by atoms with Crippen LogP contribution in [0.15, 0.2) is 48.7 Å². The van der Waals surface area contributed by atoms with Crippen LogP contribution in [0.5, 0.6) is 0 Å². The topological polar surface area (TPSA) is 98.3 Å². The third-order valence-corrected chi connectivity index (χ3v) is 6.61. The molecule has 0 saturated carbocycles. The van der Waals surface area contributed by atoms with E-state index in [2.05, 4.69) is 27.0 Å². The van der Waals surface area contributed by atoms with Crippen LogP contribution in [0.4, 0.5) is 24.7 Å². The van der Waals surface area contributed by atoms with Gasteiger partial charge in [0.2, 0.25) is 0 Å². The zero-order valence-corrected chi connectivity index (χ0v) is 21.7. The van der Waals surface area contributed by atoms with Gasteiger partial charge in [-0.3, -0.25) is 9.69 Å². The third-order valence-electron chi connectivity index (χ3n) is 6.61. The van der Waals surface area contributed by atoms with Crippen molar-refractivity contribution in [1.29, 1.82) is 5.41 Å². The number of anilines is 2. The molecule has 1 saturated heterocycles. The number of amides is 1. The highest BCUT2D eigenvalue weighted by Gasteiger charge is 2.34. The molecule has 39 heavy (non-hydrogen) atoms. The summed E-state index contributed by atoms with van der Waals surface area (Å²) in [5, 5.41) is 9.99. The molecule has 1 fully saturated rings. The Bertz CT molecular complexity index is 1450. The van der Waals surface area contributed by atoms with Crippen LogP contribution in [0.2, 0.25) is 0 Å². The highest BCUT2D eigenvalue weighted by molar-refractivity contribution is 6.04. The van der Waals surface area contributed by atoms with Crippen molar-refractivity contribution in [2.45, 2.75) is 19.6 Å². The van der Waals surface area contributed by atoms with Gasteiger partial charge in [0.25, 0.3) is 5.91 Å². The highest BCUT2D eigenvalue weighted by atomic mass is 19.4. The number of carbonyl (C=O) groups excluding carboxylic acids is 1. The third kappa shape index (κ3) is 7.02. The summed E-state index contributed by atoms with van der Waals surface area (Å²) in [5.41, 5.74) is 7.86. The first-order valence-electron chi connectivity index (χ1n) is 12.3. The summed E-state index contributed by atoms with van der Waals surface area (Å²) in [5.74, 6) is 5.63. The van der Waals surface area contributed by atoms with Gasteiger partial charge in [-0.25, -0.2) is 4.98 Å². The Morgan fingerprint density at radius 2 is 1.87 bits per heavy atom. The van der Waals surface area contributed by atoms with Gasteiger partial charge in [-0.05, 0) is 55.4 Å². The molecular formula is C29H29F3N6O. The van der Waals surface area contributed by atoms with Crippen molar-refractivity contribution in [3.05, 3.63) is 87.6 Å². The van der Waals surface area contributed by atoms with Crippen molar-refractivity contribution in [2.75, 3.05) is 44.3 Å². The van der Waals surface area contributed by atoms with E-state index >= 15 is 0 Å². The lowest BCUT2D eigenvalue weighted by molar-refractivity contribution is -0.138. The summed E-state index contributed by atoms with van der Waals surface area (Å²) < 4.78 is 41.8. The molecule has 202 valence electrons. The van der Waals surface area contributed by atoms with Crippen molar-refractivity contribution in [3.8, 4) is 11.8 Å². The molecule has 0 radical (unpaired) electrons. The normalized spacial score (nSPS) is 14.4. The molecule has 3 aromatic rings. The van der Waals surface area contributed by atoms with Gasteiger partial charge < -0.3 is 21.4 Å². The number of alkyl halides is 3. The predicted molar refractivity (Wildman–Crippen MR) is 146 cm³/mol. The number of aryl methyl sites for hydroxylation is 1. The molecule has 1 amide bonds. The molecule has 0 bridgehead atoms. The molecule has 10 heteroatoms. The number of benzene rings is 2. The molecule has 2 heterocycles. The average Bonchev–Trinajstić information content (AvgIpc) is 2.90. The van der Waals surface area contributed by atoms with Crippen LogP contribution in [0.3, 0.4) is 0 Å². The van der Waals surface area contributed by atoms with Crippen LogP contribution in [0.1, 0.15) is 43.7 Å². The van der Waals surface area contributed by atoms with Gasteiger partial charge in [0.15, 0.2) is 0 Å². The second-order valence-electron chi connectivity index (χ2n) is 9.53. The number of hydrogen-bond acceptors (Lipinski definition) is 6. The summed E-state index contributed by atoms with van der Waals surface area (Å²) in [6.45, 7) is 5.04. The second-order valence-corrected chi connectivity index (χ2v) is 9.53. The Kier molecular flexibility index (Phi) is 8.33. The van der Waals surface area contributed by atoms with Gasteiger partial charge in [-0.2, -0.15) is 13.2 Å². The SMILES string of the molecule is Cc1ccc(C(=O)Nc2ccc(CN3CCN(C)CC3)c(C(F)(F)F)c2)cc1C#Cc1cnc(N)c(C=N)c1. The average molecular weight is 535 g/mol.